The largest absolute Gasteiger partial charge is 0.392 e. The van der Waals surface area contributed by atoms with Crippen molar-refractivity contribution in [1.82, 2.24) is 14.8 Å². The molecule has 0 amide bonds. The summed E-state index contributed by atoms with van der Waals surface area (Å²) in [6, 6.07) is 6.28. The van der Waals surface area contributed by atoms with Gasteiger partial charge in [-0.15, -0.1) is 11.8 Å². The van der Waals surface area contributed by atoms with Crippen LogP contribution in [0.1, 0.15) is 19.7 Å². The van der Waals surface area contributed by atoms with Crippen molar-refractivity contribution >= 4 is 11.8 Å². The molecule has 21 heavy (non-hydrogen) atoms. The van der Waals surface area contributed by atoms with Crippen molar-refractivity contribution in [2.75, 3.05) is 5.75 Å². The molecular formula is C15H20FN3OS. The van der Waals surface area contributed by atoms with Crippen LogP contribution in [0.3, 0.4) is 0 Å². The zero-order valence-electron chi connectivity index (χ0n) is 12.2. The maximum atomic E-state index is 12.8. The molecule has 4 nitrogen and oxygen atoms in total. The molecule has 1 unspecified atom stereocenters. The second kappa shape index (κ2) is 7.56. The summed E-state index contributed by atoms with van der Waals surface area (Å²) in [7, 11) is 0. The summed E-state index contributed by atoms with van der Waals surface area (Å²) in [4.78, 5) is 5.15. The molecule has 1 aromatic carbocycles. The fourth-order valence-electron chi connectivity index (χ4n) is 1.94. The van der Waals surface area contributed by atoms with Gasteiger partial charge in [0.1, 0.15) is 18.0 Å². The Morgan fingerprint density at radius 2 is 2.00 bits per heavy atom. The number of hydrogen-bond donors (Lipinski definition) is 1. The van der Waals surface area contributed by atoms with Crippen LogP contribution in [0.5, 0.6) is 0 Å². The van der Waals surface area contributed by atoms with Gasteiger partial charge in [-0.25, -0.2) is 14.1 Å². The lowest BCUT2D eigenvalue weighted by Crippen LogP contribution is -2.19. The van der Waals surface area contributed by atoms with E-state index in [9.17, 15) is 9.50 Å². The molecule has 0 saturated heterocycles. The van der Waals surface area contributed by atoms with Crippen LogP contribution in [0.15, 0.2) is 35.5 Å². The van der Waals surface area contributed by atoms with Crippen LogP contribution < -0.4 is 0 Å². The fraction of sp³-hybridized carbons (Fsp3) is 0.467. The molecule has 0 aliphatic rings. The van der Waals surface area contributed by atoms with Gasteiger partial charge in [-0.3, -0.25) is 0 Å². The van der Waals surface area contributed by atoms with Gasteiger partial charge in [0.2, 0.25) is 0 Å². The minimum Gasteiger partial charge on any atom is -0.392 e. The van der Waals surface area contributed by atoms with E-state index in [1.165, 1.54) is 30.2 Å². The Morgan fingerprint density at radius 1 is 1.29 bits per heavy atom. The van der Waals surface area contributed by atoms with Crippen molar-refractivity contribution in [3.8, 4) is 0 Å². The summed E-state index contributed by atoms with van der Waals surface area (Å²) in [5.74, 6) is 1.58. The molecule has 0 saturated carbocycles. The number of aromatic nitrogens is 3. The Kier molecular flexibility index (Phi) is 5.76. The first-order chi connectivity index (χ1) is 10.0. The highest BCUT2D eigenvalue weighted by Crippen LogP contribution is 2.20. The van der Waals surface area contributed by atoms with Crippen molar-refractivity contribution in [1.29, 1.82) is 0 Å². The molecule has 1 aromatic heterocycles. The van der Waals surface area contributed by atoms with Crippen LogP contribution in [0.25, 0.3) is 0 Å². The lowest BCUT2D eigenvalue weighted by molar-refractivity contribution is 0.195. The van der Waals surface area contributed by atoms with Crippen LogP contribution in [-0.4, -0.2) is 31.7 Å². The minimum absolute atomic E-state index is 0.248. The van der Waals surface area contributed by atoms with Crippen LogP contribution in [0, 0.1) is 11.7 Å². The number of halogens is 1. The first-order valence-electron chi connectivity index (χ1n) is 6.97. The van der Waals surface area contributed by atoms with E-state index in [0.29, 0.717) is 18.1 Å². The van der Waals surface area contributed by atoms with Crippen LogP contribution in [0.4, 0.5) is 4.39 Å². The number of thioether (sulfide) groups is 1. The van der Waals surface area contributed by atoms with Crippen molar-refractivity contribution in [3.05, 3.63) is 42.2 Å². The Morgan fingerprint density at radius 3 is 2.67 bits per heavy atom. The number of aliphatic hydroxyl groups excluding tert-OH is 1. The minimum atomic E-state index is -0.504. The van der Waals surface area contributed by atoms with Gasteiger partial charge >= 0.3 is 0 Å². The van der Waals surface area contributed by atoms with E-state index in [-0.39, 0.29) is 5.82 Å². The van der Waals surface area contributed by atoms with E-state index in [2.05, 4.69) is 23.9 Å². The first kappa shape index (κ1) is 16.0. The molecule has 1 atom stereocenters. The summed E-state index contributed by atoms with van der Waals surface area (Å²) >= 11 is 1.50. The molecule has 0 aliphatic heterocycles. The quantitative estimate of drug-likeness (QED) is 0.799. The molecule has 2 rings (SSSR count). The summed E-state index contributed by atoms with van der Waals surface area (Å²) in [6.07, 6.45) is 1.49. The third-order valence-corrected chi connectivity index (χ3v) is 4.06. The maximum Gasteiger partial charge on any atom is 0.138 e. The second-order valence-corrected chi connectivity index (χ2v) is 6.47. The highest BCUT2D eigenvalue weighted by Gasteiger charge is 2.12. The lowest BCUT2D eigenvalue weighted by atomic mass is 10.2. The molecule has 0 bridgehead atoms. The Balaban J connectivity index is 1.85. The number of aliphatic hydroxyl groups is 1. The van der Waals surface area contributed by atoms with Gasteiger partial charge < -0.3 is 5.11 Å². The van der Waals surface area contributed by atoms with E-state index < -0.39 is 6.10 Å². The first-order valence-corrected chi connectivity index (χ1v) is 7.96. The van der Waals surface area contributed by atoms with Gasteiger partial charge in [-0.05, 0) is 30.2 Å². The van der Waals surface area contributed by atoms with Crippen LogP contribution >= 0.6 is 11.8 Å². The maximum absolute atomic E-state index is 12.8. The Labute approximate surface area is 128 Å². The Hall–Kier alpha value is -1.40. The molecule has 0 aliphatic carbocycles. The van der Waals surface area contributed by atoms with E-state index in [0.717, 1.165) is 17.3 Å². The third kappa shape index (κ3) is 5.13. The smallest absolute Gasteiger partial charge is 0.138 e. The zero-order valence-corrected chi connectivity index (χ0v) is 13.1. The lowest BCUT2D eigenvalue weighted by Gasteiger charge is -2.12. The average molecular weight is 309 g/mol. The van der Waals surface area contributed by atoms with Gasteiger partial charge in [0.15, 0.2) is 0 Å². The number of hydrogen-bond acceptors (Lipinski definition) is 4. The van der Waals surface area contributed by atoms with Gasteiger partial charge in [-0.1, -0.05) is 13.8 Å². The normalized spacial score (nSPS) is 12.8. The summed E-state index contributed by atoms with van der Waals surface area (Å²) in [5, 5.41) is 14.3. The molecular weight excluding hydrogens is 289 g/mol. The molecule has 2 aromatic rings. The summed E-state index contributed by atoms with van der Waals surface area (Å²) in [6.45, 7) is 5.03. The molecule has 1 heterocycles. The van der Waals surface area contributed by atoms with Gasteiger partial charge in [0.05, 0.1) is 6.10 Å². The highest BCUT2D eigenvalue weighted by molar-refractivity contribution is 7.99. The summed E-state index contributed by atoms with van der Waals surface area (Å²) in [5.41, 5.74) is 0. The predicted molar refractivity (Wildman–Crippen MR) is 81.7 cm³/mol. The van der Waals surface area contributed by atoms with E-state index in [1.807, 2.05) is 4.68 Å². The molecule has 6 heteroatoms. The predicted octanol–water partition coefficient (Wildman–Crippen LogP) is 2.77. The van der Waals surface area contributed by atoms with E-state index in [4.69, 9.17) is 0 Å². The van der Waals surface area contributed by atoms with Crippen molar-refractivity contribution < 1.29 is 9.50 Å². The van der Waals surface area contributed by atoms with Gasteiger partial charge in [-0.2, -0.15) is 5.10 Å². The van der Waals surface area contributed by atoms with Crippen molar-refractivity contribution in [2.24, 2.45) is 5.92 Å². The molecule has 0 spiro atoms. The third-order valence-electron chi connectivity index (χ3n) is 2.91. The highest BCUT2D eigenvalue weighted by atomic mass is 32.2. The van der Waals surface area contributed by atoms with E-state index >= 15 is 0 Å². The van der Waals surface area contributed by atoms with E-state index in [1.54, 1.807) is 12.1 Å². The SMILES string of the molecule is CC(C)Cn1ncnc1CC(O)CSc1ccc(F)cc1. The number of nitrogens with zero attached hydrogens (tertiary/aromatic N) is 3. The molecule has 1 N–H and O–H groups in total. The zero-order chi connectivity index (χ0) is 15.2. The standard InChI is InChI=1S/C15H20FN3OS/c1-11(2)8-19-15(17-10-18-19)7-13(20)9-21-14-5-3-12(16)4-6-14/h3-6,10-11,13,20H,7-9H2,1-2H3. The molecule has 114 valence electrons. The topological polar surface area (TPSA) is 50.9 Å². The van der Waals surface area contributed by atoms with Crippen molar-refractivity contribution in [3.63, 3.8) is 0 Å². The molecule has 0 fully saturated rings. The average Bonchev–Trinajstić information content (AvgIpc) is 2.84. The van der Waals surface area contributed by atoms with Crippen LogP contribution in [0.2, 0.25) is 0 Å². The van der Waals surface area contributed by atoms with Gasteiger partial charge in [0, 0.05) is 23.6 Å². The molecule has 0 radical (unpaired) electrons. The van der Waals surface area contributed by atoms with Crippen LogP contribution in [-0.2, 0) is 13.0 Å². The van der Waals surface area contributed by atoms with Crippen molar-refractivity contribution in [2.45, 2.75) is 37.8 Å². The Bertz CT molecular complexity index is 556. The number of benzene rings is 1. The monoisotopic (exact) mass is 309 g/mol. The van der Waals surface area contributed by atoms with Gasteiger partial charge in [0.25, 0.3) is 0 Å². The summed E-state index contributed by atoms with van der Waals surface area (Å²) < 4.78 is 14.7. The number of rotatable bonds is 7. The fourth-order valence-corrected chi connectivity index (χ4v) is 2.77. The second-order valence-electron chi connectivity index (χ2n) is 5.38.